The van der Waals surface area contributed by atoms with Gasteiger partial charge in [-0.25, -0.2) is 8.78 Å². The highest BCUT2D eigenvalue weighted by atomic mass is 19.1. The fraction of sp³-hybridized carbons (Fsp3) is 0.400. The van der Waals surface area contributed by atoms with Crippen LogP contribution >= 0.6 is 0 Å². The molecule has 0 bridgehead atoms. The van der Waals surface area contributed by atoms with Crippen LogP contribution in [0.5, 0.6) is 5.75 Å². The number of rotatable bonds is 4. The predicted molar refractivity (Wildman–Crippen MR) is 50.3 cm³/mol. The Balaban J connectivity index is 3.07. The van der Waals surface area contributed by atoms with Crippen LogP contribution in [0.4, 0.5) is 8.78 Å². The van der Waals surface area contributed by atoms with Crippen molar-refractivity contribution in [2.45, 2.75) is 13.3 Å². The minimum atomic E-state index is -0.671. The molecule has 1 aromatic carbocycles. The Hall–Kier alpha value is -1.16. The molecule has 14 heavy (non-hydrogen) atoms. The van der Waals surface area contributed by atoms with E-state index in [0.717, 1.165) is 6.07 Å². The largest absolute Gasteiger partial charge is 0.491 e. The minimum Gasteiger partial charge on any atom is -0.491 e. The summed E-state index contributed by atoms with van der Waals surface area (Å²) in [6, 6.07) is 2.06. The van der Waals surface area contributed by atoms with Gasteiger partial charge in [0.25, 0.3) is 0 Å². The second-order valence-corrected chi connectivity index (χ2v) is 2.85. The van der Waals surface area contributed by atoms with Crippen LogP contribution in [0.25, 0.3) is 0 Å². The smallest absolute Gasteiger partial charge is 0.168 e. The van der Waals surface area contributed by atoms with Crippen molar-refractivity contribution < 1.29 is 13.5 Å². The van der Waals surface area contributed by atoms with Crippen LogP contribution in [0.3, 0.4) is 0 Å². The van der Waals surface area contributed by atoms with E-state index in [1.807, 2.05) is 0 Å². The molecule has 0 aliphatic rings. The molecule has 0 aromatic heterocycles. The summed E-state index contributed by atoms with van der Waals surface area (Å²) in [5.74, 6) is -1.16. The maximum atomic E-state index is 13.2. The van der Waals surface area contributed by atoms with Gasteiger partial charge in [0.1, 0.15) is 5.82 Å². The first-order valence-electron chi connectivity index (χ1n) is 4.49. The summed E-state index contributed by atoms with van der Waals surface area (Å²) >= 11 is 0. The monoisotopic (exact) mass is 201 g/mol. The van der Waals surface area contributed by atoms with Gasteiger partial charge in [-0.05, 0) is 26.0 Å². The van der Waals surface area contributed by atoms with E-state index in [0.29, 0.717) is 25.1 Å². The number of halogens is 2. The highest BCUT2D eigenvalue weighted by Gasteiger charge is 2.11. The number of hydrogen-bond acceptors (Lipinski definition) is 2. The molecule has 0 aliphatic heterocycles. The number of ether oxygens (including phenoxy) is 1. The van der Waals surface area contributed by atoms with Crippen molar-refractivity contribution in [3.8, 4) is 5.75 Å². The molecular weight excluding hydrogens is 188 g/mol. The fourth-order valence-corrected chi connectivity index (χ4v) is 1.26. The van der Waals surface area contributed by atoms with Gasteiger partial charge in [0.15, 0.2) is 11.6 Å². The molecule has 0 saturated carbocycles. The van der Waals surface area contributed by atoms with Gasteiger partial charge >= 0.3 is 0 Å². The summed E-state index contributed by atoms with van der Waals surface area (Å²) in [5, 5.41) is 0. The SMILES string of the molecule is CCOc1c(F)cc(F)cc1CCN. The maximum Gasteiger partial charge on any atom is 0.168 e. The van der Waals surface area contributed by atoms with Gasteiger partial charge in [-0.2, -0.15) is 0 Å². The van der Waals surface area contributed by atoms with Crippen LogP contribution in [0.2, 0.25) is 0 Å². The first-order valence-corrected chi connectivity index (χ1v) is 4.49. The Morgan fingerprint density at radius 2 is 2.07 bits per heavy atom. The third-order valence-corrected chi connectivity index (χ3v) is 1.79. The third kappa shape index (κ3) is 2.42. The lowest BCUT2D eigenvalue weighted by Gasteiger charge is -2.10. The molecule has 0 unspecified atom stereocenters. The van der Waals surface area contributed by atoms with Crippen LogP contribution < -0.4 is 10.5 Å². The number of hydrogen-bond donors (Lipinski definition) is 1. The van der Waals surface area contributed by atoms with Gasteiger partial charge in [0.05, 0.1) is 6.61 Å². The molecule has 0 radical (unpaired) electrons. The van der Waals surface area contributed by atoms with E-state index >= 15 is 0 Å². The lowest BCUT2D eigenvalue weighted by molar-refractivity contribution is 0.316. The van der Waals surface area contributed by atoms with Gasteiger partial charge < -0.3 is 10.5 Å². The molecule has 0 saturated heterocycles. The molecular formula is C10H13F2NO. The highest BCUT2D eigenvalue weighted by Crippen LogP contribution is 2.24. The topological polar surface area (TPSA) is 35.2 Å². The lowest BCUT2D eigenvalue weighted by atomic mass is 10.1. The summed E-state index contributed by atoms with van der Waals surface area (Å²) in [6.45, 7) is 2.43. The Bertz CT molecular complexity index is 315. The Morgan fingerprint density at radius 1 is 1.36 bits per heavy atom. The zero-order valence-electron chi connectivity index (χ0n) is 8.02. The number of benzene rings is 1. The Labute approximate surface area is 81.7 Å². The quantitative estimate of drug-likeness (QED) is 0.807. The van der Waals surface area contributed by atoms with Crippen LogP contribution in [0, 0.1) is 11.6 Å². The van der Waals surface area contributed by atoms with E-state index in [1.165, 1.54) is 6.07 Å². The van der Waals surface area contributed by atoms with Crippen molar-refractivity contribution in [3.05, 3.63) is 29.3 Å². The molecule has 0 heterocycles. The second-order valence-electron chi connectivity index (χ2n) is 2.85. The molecule has 0 atom stereocenters. The molecule has 1 aromatic rings. The first kappa shape index (κ1) is 10.9. The van der Waals surface area contributed by atoms with Crippen LogP contribution in [0.15, 0.2) is 12.1 Å². The molecule has 0 fully saturated rings. The van der Waals surface area contributed by atoms with Crippen molar-refractivity contribution in [3.63, 3.8) is 0 Å². The molecule has 2 nitrogen and oxygen atoms in total. The average molecular weight is 201 g/mol. The Kier molecular flexibility index (Phi) is 3.83. The van der Waals surface area contributed by atoms with Crippen LogP contribution in [-0.4, -0.2) is 13.2 Å². The lowest BCUT2D eigenvalue weighted by Crippen LogP contribution is -2.07. The second kappa shape index (κ2) is 4.91. The summed E-state index contributed by atoms with van der Waals surface area (Å²) < 4.78 is 31.1. The zero-order chi connectivity index (χ0) is 10.6. The minimum absolute atomic E-state index is 0.111. The molecule has 1 rings (SSSR count). The summed E-state index contributed by atoms with van der Waals surface area (Å²) in [6.07, 6.45) is 0.407. The van der Waals surface area contributed by atoms with E-state index in [4.69, 9.17) is 10.5 Å². The molecule has 4 heteroatoms. The van der Waals surface area contributed by atoms with Gasteiger partial charge in [-0.15, -0.1) is 0 Å². The van der Waals surface area contributed by atoms with Crippen molar-refractivity contribution in [1.29, 1.82) is 0 Å². The first-order chi connectivity index (χ1) is 6.69. The molecule has 0 aliphatic carbocycles. The van der Waals surface area contributed by atoms with E-state index in [1.54, 1.807) is 6.92 Å². The summed E-state index contributed by atoms with van der Waals surface area (Å²) in [4.78, 5) is 0. The number of nitrogens with two attached hydrogens (primary N) is 1. The Morgan fingerprint density at radius 3 is 2.64 bits per heavy atom. The summed E-state index contributed by atoms with van der Waals surface area (Å²) in [7, 11) is 0. The van der Waals surface area contributed by atoms with E-state index in [2.05, 4.69) is 0 Å². The van der Waals surface area contributed by atoms with Gasteiger partial charge in [0, 0.05) is 11.6 Å². The molecule has 0 spiro atoms. The van der Waals surface area contributed by atoms with E-state index in [9.17, 15) is 8.78 Å². The summed E-state index contributed by atoms with van der Waals surface area (Å²) in [5.41, 5.74) is 5.80. The maximum absolute atomic E-state index is 13.2. The van der Waals surface area contributed by atoms with Crippen molar-refractivity contribution >= 4 is 0 Å². The normalized spacial score (nSPS) is 10.3. The van der Waals surface area contributed by atoms with Gasteiger partial charge in [-0.3, -0.25) is 0 Å². The van der Waals surface area contributed by atoms with Crippen molar-refractivity contribution in [2.24, 2.45) is 5.73 Å². The van der Waals surface area contributed by atoms with Gasteiger partial charge in [-0.1, -0.05) is 0 Å². The zero-order valence-corrected chi connectivity index (χ0v) is 8.02. The highest BCUT2D eigenvalue weighted by molar-refractivity contribution is 5.35. The fourth-order valence-electron chi connectivity index (χ4n) is 1.26. The van der Waals surface area contributed by atoms with Crippen molar-refractivity contribution in [1.82, 2.24) is 0 Å². The standard InChI is InChI=1S/C10H13F2NO/c1-2-14-10-7(3-4-13)5-8(11)6-9(10)12/h5-6H,2-4,13H2,1H3. The predicted octanol–water partition coefficient (Wildman–Crippen LogP) is 1.86. The molecule has 78 valence electrons. The third-order valence-electron chi connectivity index (χ3n) is 1.79. The average Bonchev–Trinajstić information content (AvgIpc) is 2.11. The molecule has 0 amide bonds. The van der Waals surface area contributed by atoms with E-state index in [-0.39, 0.29) is 5.75 Å². The van der Waals surface area contributed by atoms with Crippen molar-refractivity contribution in [2.75, 3.05) is 13.2 Å². The van der Waals surface area contributed by atoms with Crippen LogP contribution in [-0.2, 0) is 6.42 Å². The van der Waals surface area contributed by atoms with E-state index < -0.39 is 11.6 Å². The van der Waals surface area contributed by atoms with Crippen LogP contribution in [0.1, 0.15) is 12.5 Å². The van der Waals surface area contributed by atoms with Gasteiger partial charge in [0.2, 0.25) is 0 Å². The molecule has 2 N–H and O–H groups in total.